The van der Waals surface area contributed by atoms with Crippen molar-refractivity contribution >= 4 is 11.8 Å². The van der Waals surface area contributed by atoms with Crippen LogP contribution >= 0.6 is 0 Å². The highest BCUT2D eigenvalue weighted by atomic mass is 16.5. The Morgan fingerprint density at radius 2 is 1.59 bits per heavy atom. The smallest absolute Gasteiger partial charge is 0.258 e. The molecule has 5 rings (SSSR count). The van der Waals surface area contributed by atoms with Gasteiger partial charge in [0, 0.05) is 37.0 Å². The van der Waals surface area contributed by atoms with Crippen molar-refractivity contribution < 1.29 is 14.3 Å². The largest absolute Gasteiger partial charge is 0.484 e. The van der Waals surface area contributed by atoms with E-state index >= 15 is 0 Å². The average Bonchev–Trinajstić information content (AvgIpc) is 3.55. The topological polar surface area (TPSA) is 70.7 Å². The summed E-state index contributed by atoms with van der Waals surface area (Å²) in [6.07, 6.45) is 5.35. The molecule has 1 saturated heterocycles. The molecular formula is C35H43N3O3. The monoisotopic (exact) mass is 553 g/mol. The lowest BCUT2D eigenvalue weighted by Crippen LogP contribution is -2.40. The van der Waals surface area contributed by atoms with Gasteiger partial charge in [-0.25, -0.2) is 0 Å². The van der Waals surface area contributed by atoms with E-state index in [9.17, 15) is 9.59 Å². The second-order valence-corrected chi connectivity index (χ2v) is 11.6. The molecule has 216 valence electrons. The lowest BCUT2D eigenvalue weighted by molar-refractivity contribution is -0.124. The molecule has 0 spiro atoms. The number of nitrogens with zero attached hydrogens (tertiary/aromatic N) is 1. The summed E-state index contributed by atoms with van der Waals surface area (Å²) in [7, 11) is 0. The Labute approximate surface area is 244 Å². The van der Waals surface area contributed by atoms with Gasteiger partial charge in [-0.3, -0.25) is 9.59 Å². The van der Waals surface area contributed by atoms with Crippen molar-refractivity contribution in [3.63, 3.8) is 0 Å². The molecule has 2 atom stereocenters. The molecule has 1 aliphatic carbocycles. The van der Waals surface area contributed by atoms with Crippen molar-refractivity contribution in [3.8, 4) is 16.9 Å². The van der Waals surface area contributed by atoms with Crippen molar-refractivity contribution in [2.75, 3.05) is 26.2 Å². The van der Waals surface area contributed by atoms with Gasteiger partial charge in [0.25, 0.3) is 5.91 Å². The number of nitrogens with one attached hydrogen (secondary N) is 2. The predicted molar refractivity (Wildman–Crippen MR) is 164 cm³/mol. The van der Waals surface area contributed by atoms with E-state index < -0.39 is 0 Å². The second kappa shape index (κ2) is 13.3. The van der Waals surface area contributed by atoms with Crippen LogP contribution in [0.3, 0.4) is 0 Å². The second-order valence-electron chi connectivity index (χ2n) is 11.6. The lowest BCUT2D eigenvalue weighted by atomic mass is 9.71. The highest BCUT2D eigenvalue weighted by molar-refractivity contribution is 5.86. The zero-order valence-corrected chi connectivity index (χ0v) is 24.4. The van der Waals surface area contributed by atoms with E-state index in [1.54, 1.807) is 0 Å². The maximum atomic E-state index is 13.3. The van der Waals surface area contributed by atoms with Crippen LogP contribution in [0.1, 0.15) is 63.5 Å². The summed E-state index contributed by atoms with van der Waals surface area (Å²) in [5, 5.41) is 6.36. The number of carbonyl (C=O) groups is 2. The molecule has 1 heterocycles. The number of ether oxygens (including phenoxy) is 1. The summed E-state index contributed by atoms with van der Waals surface area (Å²) in [5.41, 5.74) is 4.76. The number of benzene rings is 3. The Bertz CT molecular complexity index is 1280. The van der Waals surface area contributed by atoms with Gasteiger partial charge in [0.15, 0.2) is 6.61 Å². The van der Waals surface area contributed by atoms with Gasteiger partial charge in [0.05, 0.1) is 0 Å². The number of rotatable bonds is 13. The van der Waals surface area contributed by atoms with E-state index in [-0.39, 0.29) is 35.9 Å². The summed E-state index contributed by atoms with van der Waals surface area (Å²) < 4.78 is 5.59. The first-order valence-electron chi connectivity index (χ1n) is 15.2. The van der Waals surface area contributed by atoms with Crippen LogP contribution in [0.2, 0.25) is 0 Å². The van der Waals surface area contributed by atoms with Gasteiger partial charge in [0.2, 0.25) is 5.91 Å². The summed E-state index contributed by atoms with van der Waals surface area (Å²) >= 11 is 0. The quantitative estimate of drug-likeness (QED) is 0.267. The Morgan fingerprint density at radius 1 is 0.927 bits per heavy atom. The zero-order chi connectivity index (χ0) is 28.7. The minimum Gasteiger partial charge on any atom is -0.484 e. The van der Waals surface area contributed by atoms with Gasteiger partial charge < -0.3 is 20.3 Å². The Kier molecular flexibility index (Phi) is 9.40. The minimum atomic E-state index is -0.314. The molecule has 3 aromatic rings. The number of amides is 2. The molecule has 2 amide bonds. The average molecular weight is 554 g/mol. The van der Waals surface area contributed by atoms with E-state index in [1.165, 1.54) is 22.3 Å². The fourth-order valence-electron chi connectivity index (χ4n) is 6.52. The standard InChI is InChI=1S/C35H43N3O3/c1-3-26(2)36-33(39)23-35(31-17-9-7-15-29(31)30-16-8-10-18-32(30)35)20-11-12-21-38-22-19-27(24-38)37-34(40)25-41-28-13-5-4-6-14-28/h4-10,13-18,26-27H,3,11-12,19-25H2,1-2H3,(H,36,39)(H,37,40). The first-order valence-corrected chi connectivity index (χ1v) is 15.2. The molecule has 6 heteroatoms. The highest BCUT2D eigenvalue weighted by Gasteiger charge is 2.44. The van der Waals surface area contributed by atoms with Crippen molar-refractivity contribution in [1.29, 1.82) is 0 Å². The first-order chi connectivity index (χ1) is 20.0. The van der Waals surface area contributed by atoms with E-state index in [1.807, 2.05) is 30.3 Å². The fraction of sp³-hybridized carbons (Fsp3) is 0.429. The fourth-order valence-corrected chi connectivity index (χ4v) is 6.52. The molecule has 0 aromatic heterocycles. The summed E-state index contributed by atoms with van der Waals surface area (Å²) in [4.78, 5) is 28.2. The molecule has 2 aliphatic rings. The zero-order valence-electron chi connectivity index (χ0n) is 24.4. The van der Waals surface area contributed by atoms with Crippen LogP contribution in [-0.4, -0.2) is 55.0 Å². The number of likely N-dealkylation sites (tertiary alicyclic amines) is 1. The molecule has 3 aromatic carbocycles. The van der Waals surface area contributed by atoms with Crippen molar-refractivity contribution in [2.45, 2.75) is 69.9 Å². The van der Waals surface area contributed by atoms with E-state index in [4.69, 9.17) is 4.74 Å². The maximum absolute atomic E-state index is 13.3. The third kappa shape index (κ3) is 6.82. The Morgan fingerprint density at radius 3 is 2.27 bits per heavy atom. The Hall–Kier alpha value is -3.64. The molecule has 0 radical (unpaired) electrons. The molecule has 0 saturated carbocycles. The molecule has 0 bridgehead atoms. The molecule has 1 aliphatic heterocycles. The third-order valence-corrected chi connectivity index (χ3v) is 8.74. The van der Waals surface area contributed by atoms with Crippen LogP contribution in [0, 0.1) is 0 Å². The SMILES string of the molecule is CCC(C)NC(=O)CC1(CCCCN2CCC(NC(=O)COc3ccccc3)C2)c2ccccc2-c2ccccc21. The van der Waals surface area contributed by atoms with Crippen LogP contribution in [0.5, 0.6) is 5.75 Å². The molecule has 1 fully saturated rings. The number of hydrogen-bond acceptors (Lipinski definition) is 4. The van der Waals surface area contributed by atoms with Crippen molar-refractivity contribution in [1.82, 2.24) is 15.5 Å². The summed E-state index contributed by atoms with van der Waals surface area (Å²) in [6.45, 7) is 7.06. The molecule has 41 heavy (non-hydrogen) atoms. The third-order valence-electron chi connectivity index (χ3n) is 8.74. The highest BCUT2D eigenvalue weighted by Crippen LogP contribution is 2.53. The van der Waals surface area contributed by atoms with Gasteiger partial charge in [0.1, 0.15) is 5.75 Å². The van der Waals surface area contributed by atoms with Gasteiger partial charge in [-0.15, -0.1) is 0 Å². The van der Waals surface area contributed by atoms with E-state index in [2.05, 4.69) is 77.9 Å². The number of unbranched alkanes of at least 4 members (excludes halogenated alkanes) is 1. The van der Waals surface area contributed by atoms with E-state index in [0.717, 1.165) is 51.7 Å². The first kappa shape index (κ1) is 28.9. The number of fused-ring (bicyclic) bond motifs is 3. The van der Waals surface area contributed by atoms with Gasteiger partial charge >= 0.3 is 0 Å². The van der Waals surface area contributed by atoms with Crippen LogP contribution in [0.4, 0.5) is 0 Å². The number of para-hydroxylation sites is 1. The van der Waals surface area contributed by atoms with Gasteiger partial charge in [-0.2, -0.15) is 0 Å². The normalized spacial score (nSPS) is 17.9. The van der Waals surface area contributed by atoms with Crippen LogP contribution in [0.15, 0.2) is 78.9 Å². The number of hydrogen-bond donors (Lipinski definition) is 2. The van der Waals surface area contributed by atoms with Crippen LogP contribution in [0.25, 0.3) is 11.1 Å². The van der Waals surface area contributed by atoms with Gasteiger partial charge in [-0.05, 0) is 73.5 Å². The Balaban J connectivity index is 1.17. The lowest BCUT2D eigenvalue weighted by Gasteiger charge is -2.32. The van der Waals surface area contributed by atoms with Crippen molar-refractivity contribution in [3.05, 3.63) is 90.0 Å². The number of carbonyl (C=O) groups excluding carboxylic acids is 2. The minimum absolute atomic E-state index is 0.0379. The summed E-state index contributed by atoms with van der Waals surface area (Å²) in [5.74, 6) is 0.760. The molecule has 6 nitrogen and oxygen atoms in total. The van der Waals surface area contributed by atoms with Crippen LogP contribution < -0.4 is 15.4 Å². The van der Waals surface area contributed by atoms with Crippen molar-refractivity contribution in [2.24, 2.45) is 0 Å². The van der Waals surface area contributed by atoms with E-state index in [0.29, 0.717) is 12.2 Å². The molecule has 2 unspecified atom stereocenters. The van der Waals surface area contributed by atoms with Crippen LogP contribution in [-0.2, 0) is 15.0 Å². The predicted octanol–water partition coefficient (Wildman–Crippen LogP) is 5.70. The molecule has 2 N–H and O–H groups in total. The summed E-state index contributed by atoms with van der Waals surface area (Å²) in [6, 6.07) is 27.0. The molecular weight excluding hydrogens is 510 g/mol. The van der Waals surface area contributed by atoms with Gasteiger partial charge in [-0.1, -0.05) is 80.1 Å². The maximum Gasteiger partial charge on any atom is 0.258 e.